The number of carbonyl (C=O) groups is 1. The molecule has 18 heavy (non-hydrogen) atoms. The van der Waals surface area contributed by atoms with Crippen LogP contribution in [0.5, 0.6) is 0 Å². The van der Waals surface area contributed by atoms with Gasteiger partial charge in [0, 0.05) is 12.5 Å². The van der Waals surface area contributed by atoms with Crippen LogP contribution in [0.1, 0.15) is 26.5 Å². The molecule has 0 radical (unpaired) electrons. The molecule has 1 aromatic rings. The minimum Gasteiger partial charge on any atom is -0.469 e. The second kappa shape index (κ2) is 5.57. The molecule has 1 unspecified atom stereocenters. The molecule has 0 aromatic carbocycles. The van der Waals surface area contributed by atoms with Crippen molar-refractivity contribution in [1.29, 1.82) is 0 Å². The number of nitrogens with one attached hydrogen (secondary N) is 1. The van der Waals surface area contributed by atoms with Gasteiger partial charge >= 0.3 is 0 Å². The van der Waals surface area contributed by atoms with E-state index in [1.807, 2.05) is 13.0 Å². The summed E-state index contributed by atoms with van der Waals surface area (Å²) < 4.78 is 5.20. The average Bonchev–Trinajstić information content (AvgIpc) is 2.80. The number of rotatable bonds is 5. The average molecular weight is 253 g/mol. The highest BCUT2D eigenvalue weighted by Crippen LogP contribution is 2.16. The van der Waals surface area contributed by atoms with Gasteiger partial charge in [0.1, 0.15) is 11.2 Å². The number of nitrogens with zero attached hydrogens (tertiary/aromatic N) is 1. The molecule has 0 saturated heterocycles. The van der Waals surface area contributed by atoms with E-state index in [0.717, 1.165) is 5.76 Å². The van der Waals surface area contributed by atoms with Gasteiger partial charge in [0.25, 0.3) is 0 Å². The molecule has 0 spiro atoms. The van der Waals surface area contributed by atoms with Crippen LogP contribution in [0.2, 0.25) is 0 Å². The van der Waals surface area contributed by atoms with E-state index >= 15 is 0 Å². The molecule has 100 valence electrons. The second-order valence-corrected chi connectivity index (χ2v) is 4.77. The zero-order valence-corrected chi connectivity index (χ0v) is 10.8. The third-order valence-corrected chi connectivity index (χ3v) is 2.78. The topological polar surface area (TPSA) is 101 Å². The maximum absolute atomic E-state index is 12.0. The van der Waals surface area contributed by atoms with Crippen LogP contribution < -0.4 is 11.1 Å². The van der Waals surface area contributed by atoms with Gasteiger partial charge in [-0.3, -0.25) is 4.79 Å². The first-order valence-corrected chi connectivity index (χ1v) is 5.69. The molecule has 0 saturated carbocycles. The van der Waals surface area contributed by atoms with Gasteiger partial charge < -0.3 is 20.7 Å². The Morgan fingerprint density at radius 2 is 2.33 bits per heavy atom. The molecule has 0 aliphatic heterocycles. The highest BCUT2D eigenvalue weighted by atomic mass is 16.4. The Kier molecular flexibility index (Phi) is 4.36. The molecule has 1 aromatic heterocycles. The van der Waals surface area contributed by atoms with Crippen LogP contribution in [0.25, 0.3) is 0 Å². The number of oxime groups is 1. The molecule has 6 heteroatoms. The lowest BCUT2D eigenvalue weighted by molar-refractivity contribution is -0.127. The first-order valence-electron chi connectivity index (χ1n) is 5.69. The number of carbonyl (C=O) groups excluding carboxylic acids is 1. The summed E-state index contributed by atoms with van der Waals surface area (Å²) in [7, 11) is 0. The quantitative estimate of drug-likeness (QED) is 0.316. The summed E-state index contributed by atoms with van der Waals surface area (Å²) in [6, 6.07) is 3.54. The van der Waals surface area contributed by atoms with Gasteiger partial charge in [-0.1, -0.05) is 5.16 Å². The van der Waals surface area contributed by atoms with Gasteiger partial charge in [0.2, 0.25) is 5.91 Å². The Morgan fingerprint density at radius 1 is 1.67 bits per heavy atom. The highest BCUT2D eigenvalue weighted by Gasteiger charge is 2.33. The summed E-state index contributed by atoms with van der Waals surface area (Å²) in [4.78, 5) is 12.0. The second-order valence-electron chi connectivity index (χ2n) is 4.77. The van der Waals surface area contributed by atoms with E-state index in [9.17, 15) is 4.79 Å². The van der Waals surface area contributed by atoms with Crippen molar-refractivity contribution in [1.82, 2.24) is 5.32 Å². The van der Waals surface area contributed by atoms with E-state index in [0.29, 0.717) is 6.42 Å². The van der Waals surface area contributed by atoms with Crippen molar-refractivity contribution < 1.29 is 14.4 Å². The van der Waals surface area contributed by atoms with Gasteiger partial charge in [0.15, 0.2) is 5.84 Å². The van der Waals surface area contributed by atoms with Crippen molar-refractivity contribution in [2.45, 2.75) is 33.2 Å². The fourth-order valence-electron chi connectivity index (χ4n) is 1.43. The fraction of sp³-hybridized carbons (Fsp3) is 0.500. The molecule has 1 atom stereocenters. The molecule has 6 nitrogen and oxygen atoms in total. The largest absolute Gasteiger partial charge is 0.469 e. The molecule has 0 aliphatic carbocycles. The maximum atomic E-state index is 12.0. The van der Waals surface area contributed by atoms with Crippen LogP contribution in [-0.4, -0.2) is 23.0 Å². The monoisotopic (exact) mass is 253 g/mol. The van der Waals surface area contributed by atoms with Gasteiger partial charge in [-0.15, -0.1) is 0 Å². The first-order chi connectivity index (χ1) is 8.37. The van der Waals surface area contributed by atoms with Crippen molar-refractivity contribution in [2.75, 3.05) is 0 Å². The van der Waals surface area contributed by atoms with E-state index in [4.69, 9.17) is 15.4 Å². The summed E-state index contributed by atoms with van der Waals surface area (Å²) >= 11 is 0. The zero-order valence-electron chi connectivity index (χ0n) is 10.8. The normalized spacial score (nSPS) is 14.3. The van der Waals surface area contributed by atoms with Crippen LogP contribution in [0, 0.1) is 5.41 Å². The summed E-state index contributed by atoms with van der Waals surface area (Å²) in [6.45, 7) is 5.05. The molecule has 1 rings (SSSR count). The molecule has 1 heterocycles. The van der Waals surface area contributed by atoms with Gasteiger partial charge in [0.05, 0.1) is 6.26 Å². The number of hydrogen-bond donors (Lipinski definition) is 3. The van der Waals surface area contributed by atoms with Crippen molar-refractivity contribution >= 4 is 11.7 Å². The van der Waals surface area contributed by atoms with E-state index in [1.54, 1.807) is 26.2 Å². The van der Waals surface area contributed by atoms with Crippen LogP contribution in [0.3, 0.4) is 0 Å². The lowest BCUT2D eigenvalue weighted by Crippen LogP contribution is -2.48. The molecule has 0 aliphatic rings. The number of furan rings is 1. The standard InChI is InChI=1S/C12H19N3O3/c1-8(7-9-5-4-6-18-9)14-11(16)12(2,3)10(13)15-17/h4-6,8,17H,7H2,1-3H3,(H2,13,15)(H,14,16). The molecule has 0 fully saturated rings. The number of hydrogen-bond acceptors (Lipinski definition) is 4. The van der Waals surface area contributed by atoms with Crippen molar-refractivity contribution in [2.24, 2.45) is 16.3 Å². The Labute approximate surface area is 106 Å². The zero-order chi connectivity index (χ0) is 13.8. The number of amides is 1. The van der Waals surface area contributed by atoms with Crippen molar-refractivity contribution in [3.8, 4) is 0 Å². The fourth-order valence-corrected chi connectivity index (χ4v) is 1.43. The highest BCUT2D eigenvalue weighted by molar-refractivity contribution is 6.05. The maximum Gasteiger partial charge on any atom is 0.233 e. The van der Waals surface area contributed by atoms with Gasteiger partial charge in [-0.2, -0.15) is 0 Å². The number of amidine groups is 1. The molecular formula is C12H19N3O3. The smallest absolute Gasteiger partial charge is 0.233 e. The summed E-state index contributed by atoms with van der Waals surface area (Å²) in [5, 5.41) is 14.3. The molecule has 1 amide bonds. The molecule has 4 N–H and O–H groups in total. The molecular weight excluding hydrogens is 234 g/mol. The third-order valence-electron chi connectivity index (χ3n) is 2.78. The Morgan fingerprint density at radius 3 is 2.83 bits per heavy atom. The van der Waals surface area contributed by atoms with Crippen LogP contribution in [0.4, 0.5) is 0 Å². The van der Waals surface area contributed by atoms with Crippen molar-refractivity contribution in [3.05, 3.63) is 24.2 Å². The summed E-state index contributed by atoms with van der Waals surface area (Å²) in [6.07, 6.45) is 2.18. The van der Waals surface area contributed by atoms with E-state index in [1.165, 1.54) is 0 Å². The van der Waals surface area contributed by atoms with Gasteiger partial charge in [-0.05, 0) is 32.9 Å². The first kappa shape index (κ1) is 14.1. The van der Waals surface area contributed by atoms with E-state index in [-0.39, 0.29) is 17.8 Å². The predicted molar refractivity (Wildman–Crippen MR) is 67.2 cm³/mol. The van der Waals surface area contributed by atoms with Crippen LogP contribution in [0.15, 0.2) is 28.0 Å². The number of nitrogens with two attached hydrogens (primary N) is 1. The third kappa shape index (κ3) is 3.26. The summed E-state index contributed by atoms with van der Waals surface area (Å²) in [5.41, 5.74) is 4.43. The van der Waals surface area contributed by atoms with Crippen LogP contribution >= 0.6 is 0 Å². The SMILES string of the molecule is CC(Cc1ccco1)NC(=O)C(C)(C)C(N)=NO. The lowest BCUT2D eigenvalue weighted by atomic mass is 9.90. The minimum atomic E-state index is -1.05. The van der Waals surface area contributed by atoms with E-state index in [2.05, 4.69) is 10.5 Å². The Balaban J connectivity index is 2.59. The Hall–Kier alpha value is -1.98. The predicted octanol–water partition coefficient (Wildman–Crippen LogP) is 1.10. The summed E-state index contributed by atoms with van der Waals surface area (Å²) in [5.74, 6) is 0.381. The van der Waals surface area contributed by atoms with Crippen molar-refractivity contribution in [3.63, 3.8) is 0 Å². The molecule has 0 bridgehead atoms. The van der Waals surface area contributed by atoms with Crippen LogP contribution in [-0.2, 0) is 11.2 Å². The van der Waals surface area contributed by atoms with Gasteiger partial charge in [-0.25, -0.2) is 0 Å². The Bertz CT molecular complexity index is 424. The lowest BCUT2D eigenvalue weighted by Gasteiger charge is -2.24. The minimum absolute atomic E-state index is 0.102. The van der Waals surface area contributed by atoms with E-state index < -0.39 is 5.41 Å².